The molecule has 3 aromatic rings. The van der Waals surface area contributed by atoms with Crippen molar-refractivity contribution < 1.29 is 14.3 Å². The Hall–Kier alpha value is -2.22. The summed E-state index contributed by atoms with van der Waals surface area (Å²) in [5.41, 5.74) is 0.991. The number of hydrogen-bond donors (Lipinski definition) is 1. The monoisotopic (exact) mass is 406 g/mol. The van der Waals surface area contributed by atoms with Gasteiger partial charge >= 0.3 is 5.97 Å². The van der Waals surface area contributed by atoms with Crippen LogP contribution in [0.2, 0.25) is 5.02 Å². The van der Waals surface area contributed by atoms with Gasteiger partial charge in [0.1, 0.15) is 5.01 Å². The predicted molar refractivity (Wildman–Crippen MR) is 104 cm³/mol. The number of aromatic nitrogens is 1. The molecule has 2 aromatic heterocycles. The quantitative estimate of drug-likeness (QED) is 0.616. The molecule has 1 N–H and O–H groups in total. The van der Waals surface area contributed by atoms with Crippen molar-refractivity contribution >= 4 is 46.2 Å². The number of carbonyl (C=O) groups is 2. The van der Waals surface area contributed by atoms with Gasteiger partial charge in [0.2, 0.25) is 0 Å². The zero-order valence-electron chi connectivity index (χ0n) is 13.8. The Labute approximate surface area is 163 Å². The first kappa shape index (κ1) is 18.6. The minimum absolute atomic E-state index is 0.198. The number of amides is 1. The second-order valence-corrected chi connectivity index (χ2v) is 7.58. The molecule has 0 aliphatic carbocycles. The van der Waals surface area contributed by atoms with Gasteiger partial charge in [-0.3, -0.25) is 4.79 Å². The predicted octanol–water partition coefficient (Wildman–Crippen LogP) is 4.39. The maximum absolute atomic E-state index is 12.2. The minimum atomic E-state index is -0.933. The number of ether oxygens (including phenoxy) is 1. The van der Waals surface area contributed by atoms with Crippen LogP contribution in [-0.2, 0) is 16.1 Å². The molecule has 26 heavy (non-hydrogen) atoms. The molecule has 2 heterocycles. The van der Waals surface area contributed by atoms with E-state index in [1.54, 1.807) is 22.8 Å². The molecular weight excluding hydrogens is 392 g/mol. The van der Waals surface area contributed by atoms with Crippen LogP contribution in [0.3, 0.4) is 0 Å². The summed E-state index contributed by atoms with van der Waals surface area (Å²) in [7, 11) is 0. The van der Waals surface area contributed by atoms with E-state index < -0.39 is 18.0 Å². The zero-order chi connectivity index (χ0) is 18.5. The van der Waals surface area contributed by atoms with Gasteiger partial charge in [0.15, 0.2) is 11.8 Å². The molecule has 134 valence electrons. The van der Waals surface area contributed by atoms with Crippen LogP contribution in [0.5, 0.6) is 0 Å². The first-order valence-corrected chi connectivity index (χ1v) is 9.90. The first-order chi connectivity index (χ1) is 12.5. The Morgan fingerprint density at radius 3 is 2.77 bits per heavy atom. The van der Waals surface area contributed by atoms with Crippen molar-refractivity contribution in [2.45, 2.75) is 19.6 Å². The zero-order valence-corrected chi connectivity index (χ0v) is 16.2. The lowest BCUT2D eigenvalue weighted by molar-refractivity contribution is -0.129. The van der Waals surface area contributed by atoms with Crippen LogP contribution in [0.1, 0.15) is 23.0 Å². The van der Waals surface area contributed by atoms with Crippen molar-refractivity contribution in [1.29, 1.82) is 0 Å². The number of carbonyl (C=O) groups excluding carboxylic acids is 2. The molecule has 0 aliphatic rings. The van der Waals surface area contributed by atoms with Gasteiger partial charge in [-0.1, -0.05) is 35.9 Å². The van der Waals surface area contributed by atoms with E-state index in [1.807, 2.05) is 35.7 Å². The molecule has 5 nitrogen and oxygen atoms in total. The Kier molecular flexibility index (Phi) is 6.03. The summed E-state index contributed by atoms with van der Waals surface area (Å²) in [4.78, 5) is 29.6. The minimum Gasteiger partial charge on any atom is -0.448 e. The van der Waals surface area contributed by atoms with Gasteiger partial charge in [-0.05, 0) is 30.0 Å². The fourth-order valence-electron chi connectivity index (χ4n) is 2.12. The van der Waals surface area contributed by atoms with E-state index in [0.29, 0.717) is 5.02 Å². The first-order valence-electron chi connectivity index (χ1n) is 7.76. The summed E-state index contributed by atoms with van der Waals surface area (Å²) in [6.45, 7) is 1.78. The molecule has 0 fully saturated rings. The number of rotatable bonds is 6. The van der Waals surface area contributed by atoms with Crippen molar-refractivity contribution in [3.05, 3.63) is 63.4 Å². The molecular formula is C18H15ClN2O3S2. The summed E-state index contributed by atoms with van der Waals surface area (Å²) in [6.07, 6.45) is -0.933. The molecule has 0 aliphatic heterocycles. The van der Waals surface area contributed by atoms with Crippen molar-refractivity contribution in [3.8, 4) is 9.88 Å². The number of hydrogen-bond acceptors (Lipinski definition) is 6. The van der Waals surface area contributed by atoms with E-state index >= 15 is 0 Å². The van der Waals surface area contributed by atoms with Gasteiger partial charge in [-0.25, -0.2) is 9.78 Å². The Morgan fingerprint density at radius 1 is 1.23 bits per heavy atom. The van der Waals surface area contributed by atoms with Gasteiger partial charge in [0, 0.05) is 16.9 Å². The smallest absolute Gasteiger partial charge is 0.358 e. The van der Waals surface area contributed by atoms with E-state index in [1.165, 1.54) is 18.3 Å². The maximum Gasteiger partial charge on any atom is 0.358 e. The van der Waals surface area contributed by atoms with Crippen molar-refractivity contribution in [1.82, 2.24) is 10.3 Å². The lowest BCUT2D eigenvalue weighted by Crippen LogP contribution is -2.35. The lowest BCUT2D eigenvalue weighted by atomic mass is 10.2. The second kappa shape index (κ2) is 8.44. The van der Waals surface area contributed by atoms with Gasteiger partial charge in [0.25, 0.3) is 5.91 Å². The molecule has 1 atom stereocenters. The average molecular weight is 407 g/mol. The fourth-order valence-corrected chi connectivity index (χ4v) is 3.93. The van der Waals surface area contributed by atoms with Crippen molar-refractivity contribution in [2.75, 3.05) is 0 Å². The van der Waals surface area contributed by atoms with Crippen LogP contribution in [0.15, 0.2) is 47.2 Å². The highest BCUT2D eigenvalue weighted by Gasteiger charge is 2.21. The fraction of sp³-hybridized carbons (Fsp3) is 0.167. The third-order valence-electron chi connectivity index (χ3n) is 3.51. The summed E-state index contributed by atoms with van der Waals surface area (Å²) in [6, 6.07) is 11.1. The van der Waals surface area contributed by atoms with E-state index in [4.69, 9.17) is 16.3 Å². The maximum atomic E-state index is 12.2. The average Bonchev–Trinajstić information content (AvgIpc) is 3.31. The molecule has 0 bridgehead atoms. The Bertz CT molecular complexity index is 909. The summed E-state index contributed by atoms with van der Waals surface area (Å²) >= 11 is 8.96. The van der Waals surface area contributed by atoms with Gasteiger partial charge < -0.3 is 10.1 Å². The topological polar surface area (TPSA) is 68.3 Å². The molecule has 0 saturated heterocycles. The summed E-state index contributed by atoms with van der Waals surface area (Å²) < 4.78 is 5.21. The highest BCUT2D eigenvalue weighted by Crippen LogP contribution is 2.28. The molecule has 1 aromatic carbocycles. The molecule has 0 unspecified atom stereocenters. The lowest BCUT2D eigenvalue weighted by Gasteiger charge is -2.13. The third-order valence-corrected chi connectivity index (χ3v) is 5.76. The van der Waals surface area contributed by atoms with Crippen molar-refractivity contribution in [3.63, 3.8) is 0 Å². The molecule has 8 heteroatoms. The van der Waals surface area contributed by atoms with Crippen LogP contribution in [-0.4, -0.2) is 23.0 Å². The highest BCUT2D eigenvalue weighted by atomic mass is 35.5. The third kappa shape index (κ3) is 4.49. The van der Waals surface area contributed by atoms with Crippen LogP contribution >= 0.6 is 34.3 Å². The summed E-state index contributed by atoms with van der Waals surface area (Å²) in [5.74, 6) is -1.02. The Balaban J connectivity index is 1.55. The van der Waals surface area contributed by atoms with Gasteiger partial charge in [0.05, 0.1) is 4.88 Å². The Morgan fingerprint density at radius 2 is 2.04 bits per heavy atom. The second-order valence-electron chi connectivity index (χ2n) is 5.37. The van der Waals surface area contributed by atoms with E-state index in [9.17, 15) is 9.59 Å². The van der Waals surface area contributed by atoms with Crippen LogP contribution < -0.4 is 5.32 Å². The SMILES string of the molecule is C[C@H](OC(=O)c1csc(-c2cccs2)n1)C(=O)NCc1ccccc1Cl. The number of benzene rings is 1. The molecule has 1 amide bonds. The normalized spacial score (nSPS) is 11.8. The summed E-state index contributed by atoms with van der Waals surface area (Å²) in [5, 5.41) is 7.61. The van der Waals surface area contributed by atoms with E-state index in [2.05, 4.69) is 10.3 Å². The number of nitrogens with one attached hydrogen (secondary N) is 1. The molecule has 0 spiro atoms. The van der Waals surface area contributed by atoms with Crippen LogP contribution in [0.4, 0.5) is 0 Å². The van der Waals surface area contributed by atoms with Crippen molar-refractivity contribution in [2.24, 2.45) is 0 Å². The number of thiophene rings is 1. The molecule has 3 rings (SSSR count). The number of thiazole rings is 1. The number of halogens is 1. The number of nitrogens with zero attached hydrogens (tertiary/aromatic N) is 1. The van der Waals surface area contributed by atoms with Gasteiger partial charge in [-0.2, -0.15) is 0 Å². The largest absolute Gasteiger partial charge is 0.448 e. The highest BCUT2D eigenvalue weighted by molar-refractivity contribution is 7.20. The van der Waals surface area contributed by atoms with E-state index in [-0.39, 0.29) is 12.2 Å². The molecule has 0 radical (unpaired) electrons. The van der Waals surface area contributed by atoms with Crippen LogP contribution in [0.25, 0.3) is 9.88 Å². The number of esters is 1. The van der Waals surface area contributed by atoms with Crippen LogP contribution in [0, 0.1) is 0 Å². The van der Waals surface area contributed by atoms with Gasteiger partial charge in [-0.15, -0.1) is 22.7 Å². The van der Waals surface area contributed by atoms with E-state index in [0.717, 1.165) is 15.4 Å². The molecule has 0 saturated carbocycles. The standard InChI is InChI=1S/C18H15ClN2O3S2/c1-11(16(22)20-9-12-5-2-3-6-13(12)19)24-18(23)14-10-26-17(21-14)15-7-4-8-25-15/h2-8,10-11H,9H2,1H3,(H,20,22)/t11-/m0/s1.